The molecular weight excluding hydrogens is 425 g/mol. The molecule has 166 valence electrons. The van der Waals surface area contributed by atoms with Gasteiger partial charge >= 0.3 is 0 Å². The third kappa shape index (κ3) is 5.68. The summed E-state index contributed by atoms with van der Waals surface area (Å²) in [6.07, 6.45) is 2.42. The van der Waals surface area contributed by atoms with Gasteiger partial charge < -0.3 is 25.4 Å². The molecule has 0 aromatic carbocycles. The molecule has 2 aliphatic rings. The second kappa shape index (κ2) is 10.3. The summed E-state index contributed by atoms with van der Waals surface area (Å²) in [7, 11) is 0. The molecule has 10 heteroatoms. The highest BCUT2D eigenvalue weighted by Crippen LogP contribution is 2.31. The summed E-state index contributed by atoms with van der Waals surface area (Å²) in [5.41, 5.74) is 0.442. The number of rotatable bonds is 6. The van der Waals surface area contributed by atoms with Crippen LogP contribution in [0.1, 0.15) is 12.8 Å². The molecule has 4 heterocycles. The van der Waals surface area contributed by atoms with Gasteiger partial charge in [-0.1, -0.05) is 11.6 Å². The van der Waals surface area contributed by atoms with Crippen LogP contribution in [0.4, 0.5) is 16.0 Å². The zero-order valence-corrected chi connectivity index (χ0v) is 17.8. The highest BCUT2D eigenvalue weighted by molar-refractivity contribution is 6.33. The Morgan fingerprint density at radius 2 is 2.10 bits per heavy atom. The van der Waals surface area contributed by atoms with Crippen LogP contribution >= 0.6 is 11.6 Å². The summed E-state index contributed by atoms with van der Waals surface area (Å²) >= 11 is 6.32. The summed E-state index contributed by atoms with van der Waals surface area (Å²) in [5, 5.41) is 9.37. The molecule has 0 radical (unpaired) electrons. The van der Waals surface area contributed by atoms with Gasteiger partial charge in [-0.15, -0.1) is 0 Å². The Balaban J connectivity index is 1.49. The van der Waals surface area contributed by atoms with E-state index in [0.717, 1.165) is 38.8 Å². The monoisotopic (exact) mass is 449 g/mol. The summed E-state index contributed by atoms with van der Waals surface area (Å²) in [6.45, 7) is 3.86. The molecule has 2 aromatic rings. The van der Waals surface area contributed by atoms with E-state index in [0.29, 0.717) is 36.5 Å². The van der Waals surface area contributed by atoms with Crippen LogP contribution in [0, 0.1) is 11.7 Å². The molecule has 1 atom stereocenters. The van der Waals surface area contributed by atoms with E-state index >= 15 is 0 Å². The third-order valence-corrected chi connectivity index (χ3v) is 5.65. The minimum Gasteiger partial charge on any atom is -0.381 e. The Bertz CT molecular complexity index is 920. The van der Waals surface area contributed by atoms with Crippen LogP contribution < -0.4 is 16.0 Å². The Labute approximate surface area is 184 Å². The first-order valence-electron chi connectivity index (χ1n) is 10.4. The third-order valence-electron chi connectivity index (χ3n) is 5.34. The lowest BCUT2D eigenvalue weighted by atomic mass is 10.0. The summed E-state index contributed by atoms with van der Waals surface area (Å²) in [5.74, 6) is 0.391. The first kappa shape index (κ1) is 21.9. The van der Waals surface area contributed by atoms with E-state index in [1.54, 1.807) is 12.1 Å². The van der Waals surface area contributed by atoms with Crippen LogP contribution in [0.15, 0.2) is 24.4 Å². The number of nitrogens with zero attached hydrogens (tertiary/aromatic N) is 2. The van der Waals surface area contributed by atoms with E-state index in [1.807, 2.05) is 0 Å². The van der Waals surface area contributed by atoms with Crippen molar-refractivity contribution in [2.24, 2.45) is 5.92 Å². The van der Waals surface area contributed by atoms with Crippen molar-refractivity contribution in [1.82, 2.24) is 15.3 Å². The molecule has 8 nitrogen and oxygen atoms in total. The Morgan fingerprint density at radius 1 is 1.26 bits per heavy atom. The highest BCUT2D eigenvalue weighted by Gasteiger charge is 2.23. The number of pyridine rings is 2. The maximum absolute atomic E-state index is 14.6. The van der Waals surface area contributed by atoms with Gasteiger partial charge in [0.2, 0.25) is 0 Å². The minimum absolute atomic E-state index is 0.160. The molecule has 4 rings (SSSR count). The molecular formula is C21H25ClFN5O3. The number of hydrogen-bond acceptors (Lipinski definition) is 7. The van der Waals surface area contributed by atoms with Crippen molar-refractivity contribution >= 4 is 29.1 Å². The number of morpholine rings is 1. The number of aromatic nitrogens is 2. The van der Waals surface area contributed by atoms with Gasteiger partial charge in [0.05, 0.1) is 23.5 Å². The number of hydrogen-bond donors (Lipinski definition) is 3. The normalized spacial score (nSPS) is 19.7. The fourth-order valence-corrected chi connectivity index (χ4v) is 3.77. The van der Waals surface area contributed by atoms with E-state index in [4.69, 9.17) is 21.1 Å². The van der Waals surface area contributed by atoms with E-state index in [9.17, 15) is 9.18 Å². The van der Waals surface area contributed by atoms with Crippen LogP contribution in [0.25, 0.3) is 11.3 Å². The van der Waals surface area contributed by atoms with Gasteiger partial charge in [-0.25, -0.2) is 14.4 Å². The highest BCUT2D eigenvalue weighted by atomic mass is 35.5. The van der Waals surface area contributed by atoms with Gasteiger partial charge in [0.1, 0.15) is 17.7 Å². The molecule has 1 amide bonds. The van der Waals surface area contributed by atoms with Crippen molar-refractivity contribution in [1.29, 1.82) is 0 Å². The number of nitrogens with one attached hydrogen (secondary N) is 3. The van der Waals surface area contributed by atoms with Gasteiger partial charge in [0.15, 0.2) is 5.82 Å². The van der Waals surface area contributed by atoms with Crippen LogP contribution in [0.2, 0.25) is 5.02 Å². The van der Waals surface area contributed by atoms with E-state index in [1.165, 1.54) is 6.07 Å². The molecule has 31 heavy (non-hydrogen) atoms. The quantitative estimate of drug-likeness (QED) is 0.623. The molecule has 2 aromatic heterocycles. The standard InChI is InChI=1S/C21H25ClFN5O3/c22-15-1-2-18(25-10-13-3-6-30-7-4-13)27-20(15)14-9-19(26-11-16(14)23)28-21(29)17-12-24-5-8-31-17/h1-2,9,11,13,17,24H,3-8,10,12H2,(H,25,27)(H,26,28,29)/t17-/m1/s1. The Hall–Kier alpha value is -2.33. The number of carbonyl (C=O) groups excluding carboxylic acids is 1. The van der Waals surface area contributed by atoms with Gasteiger partial charge in [0.25, 0.3) is 5.91 Å². The topological polar surface area (TPSA) is 97.4 Å². The zero-order chi connectivity index (χ0) is 21.6. The lowest BCUT2D eigenvalue weighted by Crippen LogP contribution is -2.45. The fourth-order valence-electron chi connectivity index (χ4n) is 3.56. The second-order valence-electron chi connectivity index (χ2n) is 7.57. The van der Waals surface area contributed by atoms with Crippen molar-refractivity contribution in [3.05, 3.63) is 35.2 Å². The number of halogens is 2. The van der Waals surface area contributed by atoms with E-state index in [-0.39, 0.29) is 23.0 Å². The molecule has 2 fully saturated rings. The van der Waals surface area contributed by atoms with Gasteiger partial charge in [-0.3, -0.25) is 4.79 Å². The number of carbonyl (C=O) groups is 1. The average Bonchev–Trinajstić information content (AvgIpc) is 2.81. The molecule has 0 spiro atoms. The van der Waals surface area contributed by atoms with Gasteiger partial charge in [-0.2, -0.15) is 0 Å². The maximum atomic E-state index is 14.6. The van der Waals surface area contributed by atoms with Crippen molar-refractivity contribution < 1.29 is 18.7 Å². The number of ether oxygens (including phenoxy) is 2. The maximum Gasteiger partial charge on any atom is 0.255 e. The molecule has 0 bridgehead atoms. The molecule has 0 aliphatic carbocycles. The van der Waals surface area contributed by atoms with Crippen molar-refractivity contribution in [3.8, 4) is 11.3 Å². The summed E-state index contributed by atoms with van der Waals surface area (Å²) in [6, 6.07) is 4.87. The Morgan fingerprint density at radius 3 is 2.87 bits per heavy atom. The van der Waals surface area contributed by atoms with Crippen LogP contribution in [-0.2, 0) is 14.3 Å². The smallest absolute Gasteiger partial charge is 0.255 e. The van der Waals surface area contributed by atoms with Crippen LogP contribution in [0.3, 0.4) is 0 Å². The Kier molecular flexibility index (Phi) is 7.29. The van der Waals surface area contributed by atoms with Crippen molar-refractivity contribution in [2.45, 2.75) is 18.9 Å². The van der Waals surface area contributed by atoms with Gasteiger partial charge in [0, 0.05) is 38.4 Å². The SMILES string of the molecule is O=C(Nc1cc(-c2nc(NCC3CCOCC3)ccc2Cl)c(F)cn1)[C@H]1CNCCO1. The van der Waals surface area contributed by atoms with Gasteiger partial charge in [-0.05, 0) is 37.0 Å². The van der Waals surface area contributed by atoms with E-state index in [2.05, 4.69) is 25.9 Å². The fraction of sp³-hybridized carbons (Fsp3) is 0.476. The summed E-state index contributed by atoms with van der Waals surface area (Å²) < 4.78 is 25.4. The first-order chi connectivity index (χ1) is 15.1. The molecule has 0 unspecified atom stereocenters. The summed E-state index contributed by atoms with van der Waals surface area (Å²) in [4.78, 5) is 20.9. The predicted octanol–water partition coefficient (Wildman–Crippen LogP) is 2.70. The van der Waals surface area contributed by atoms with Crippen molar-refractivity contribution in [3.63, 3.8) is 0 Å². The molecule has 2 saturated heterocycles. The molecule has 0 saturated carbocycles. The zero-order valence-electron chi connectivity index (χ0n) is 17.0. The predicted molar refractivity (Wildman–Crippen MR) is 116 cm³/mol. The lowest BCUT2D eigenvalue weighted by molar-refractivity contribution is -0.128. The van der Waals surface area contributed by atoms with Crippen molar-refractivity contribution in [2.75, 3.05) is 50.1 Å². The molecule has 2 aliphatic heterocycles. The second-order valence-corrected chi connectivity index (χ2v) is 7.97. The molecule has 3 N–H and O–H groups in total. The number of amides is 1. The first-order valence-corrected chi connectivity index (χ1v) is 10.7. The minimum atomic E-state index is -0.622. The average molecular weight is 450 g/mol. The lowest BCUT2D eigenvalue weighted by Gasteiger charge is -2.22. The largest absolute Gasteiger partial charge is 0.381 e. The van der Waals surface area contributed by atoms with E-state index < -0.39 is 11.9 Å². The van der Waals surface area contributed by atoms with Crippen LogP contribution in [-0.4, -0.2) is 61.4 Å². The number of anilines is 2. The van der Waals surface area contributed by atoms with Crippen LogP contribution in [0.5, 0.6) is 0 Å².